The SMILES string of the molecule is O=C1OC[C@@H](/C=C/OCc2ccccc2)/C1=C/c1ccccc1. The molecule has 0 aromatic heterocycles. The number of benzene rings is 2. The smallest absolute Gasteiger partial charge is 0.334 e. The first-order valence-electron chi connectivity index (χ1n) is 7.59. The minimum Gasteiger partial charge on any atom is -0.497 e. The van der Waals surface area contributed by atoms with Crippen LogP contribution in [0, 0.1) is 5.92 Å². The number of carbonyl (C=O) groups excluding carboxylic acids is 1. The highest BCUT2D eigenvalue weighted by Gasteiger charge is 2.28. The zero-order valence-electron chi connectivity index (χ0n) is 12.7. The third-order valence-corrected chi connectivity index (χ3v) is 3.65. The summed E-state index contributed by atoms with van der Waals surface area (Å²) in [5.41, 5.74) is 2.76. The molecule has 1 saturated heterocycles. The lowest BCUT2D eigenvalue weighted by molar-refractivity contribution is -0.135. The second kappa shape index (κ2) is 7.45. The predicted molar refractivity (Wildman–Crippen MR) is 89.2 cm³/mol. The first-order valence-corrected chi connectivity index (χ1v) is 7.59. The molecule has 0 amide bonds. The predicted octanol–water partition coefficient (Wildman–Crippen LogP) is 3.97. The Morgan fingerprint density at radius 3 is 2.48 bits per heavy atom. The van der Waals surface area contributed by atoms with Gasteiger partial charge in [-0.15, -0.1) is 0 Å². The molecule has 0 N–H and O–H groups in total. The highest BCUT2D eigenvalue weighted by atomic mass is 16.5. The summed E-state index contributed by atoms with van der Waals surface area (Å²) in [5.74, 6) is -0.329. The Morgan fingerprint density at radius 1 is 1.04 bits per heavy atom. The summed E-state index contributed by atoms with van der Waals surface area (Å²) in [6.45, 7) is 0.874. The highest BCUT2D eigenvalue weighted by molar-refractivity contribution is 5.96. The molecule has 23 heavy (non-hydrogen) atoms. The topological polar surface area (TPSA) is 35.5 Å². The zero-order chi connectivity index (χ0) is 15.9. The average molecular weight is 306 g/mol. The molecule has 3 rings (SSSR count). The van der Waals surface area contributed by atoms with Gasteiger partial charge >= 0.3 is 5.97 Å². The van der Waals surface area contributed by atoms with Gasteiger partial charge in [0.2, 0.25) is 0 Å². The van der Waals surface area contributed by atoms with Crippen LogP contribution in [0.2, 0.25) is 0 Å². The molecule has 0 radical (unpaired) electrons. The lowest BCUT2D eigenvalue weighted by atomic mass is 10.00. The van der Waals surface area contributed by atoms with Crippen LogP contribution >= 0.6 is 0 Å². The normalized spacial score (nSPS) is 19.2. The van der Waals surface area contributed by atoms with Gasteiger partial charge in [-0.2, -0.15) is 0 Å². The fraction of sp³-hybridized carbons (Fsp3) is 0.150. The number of carbonyl (C=O) groups is 1. The first-order chi connectivity index (χ1) is 11.3. The van der Waals surface area contributed by atoms with Crippen LogP contribution in [0.3, 0.4) is 0 Å². The van der Waals surface area contributed by atoms with Gasteiger partial charge in [-0.05, 0) is 23.3 Å². The Morgan fingerprint density at radius 2 is 1.74 bits per heavy atom. The van der Waals surface area contributed by atoms with E-state index in [-0.39, 0.29) is 11.9 Å². The summed E-state index contributed by atoms with van der Waals surface area (Å²) in [6.07, 6.45) is 5.41. The molecule has 1 aliphatic rings. The molecule has 1 atom stereocenters. The molecule has 0 unspecified atom stereocenters. The van der Waals surface area contributed by atoms with E-state index in [1.54, 1.807) is 6.26 Å². The third kappa shape index (κ3) is 4.10. The molecular formula is C20H18O3. The largest absolute Gasteiger partial charge is 0.497 e. The van der Waals surface area contributed by atoms with Crippen molar-refractivity contribution < 1.29 is 14.3 Å². The maximum Gasteiger partial charge on any atom is 0.334 e. The van der Waals surface area contributed by atoms with Gasteiger partial charge in [0.1, 0.15) is 13.2 Å². The first kappa shape index (κ1) is 15.1. The van der Waals surface area contributed by atoms with Gasteiger partial charge in [-0.3, -0.25) is 0 Å². The van der Waals surface area contributed by atoms with Crippen LogP contribution in [0.4, 0.5) is 0 Å². The van der Waals surface area contributed by atoms with Gasteiger partial charge < -0.3 is 9.47 Å². The monoisotopic (exact) mass is 306 g/mol. The summed E-state index contributed by atoms with van der Waals surface area (Å²) < 4.78 is 10.7. The molecule has 0 spiro atoms. The number of hydrogen-bond donors (Lipinski definition) is 0. The maximum absolute atomic E-state index is 11.9. The standard InChI is InChI=1S/C20H18O3/c21-20-19(13-16-7-3-1-4-8-16)18(15-23-20)11-12-22-14-17-9-5-2-6-10-17/h1-13,18H,14-15H2/b12-11+,19-13-/t18-/m1/s1. The van der Waals surface area contributed by atoms with Crippen molar-refractivity contribution in [1.82, 2.24) is 0 Å². The zero-order valence-corrected chi connectivity index (χ0v) is 12.7. The Bertz CT molecular complexity index is 702. The van der Waals surface area contributed by atoms with E-state index in [1.165, 1.54) is 0 Å². The molecular weight excluding hydrogens is 288 g/mol. The highest BCUT2D eigenvalue weighted by Crippen LogP contribution is 2.25. The summed E-state index contributed by atoms with van der Waals surface area (Å²) in [7, 11) is 0. The maximum atomic E-state index is 11.9. The van der Waals surface area contributed by atoms with Gasteiger partial charge in [-0.1, -0.05) is 60.7 Å². The van der Waals surface area contributed by atoms with E-state index in [0.717, 1.165) is 11.1 Å². The number of ether oxygens (including phenoxy) is 2. The van der Waals surface area contributed by atoms with Crippen LogP contribution in [0.5, 0.6) is 0 Å². The summed E-state index contributed by atoms with van der Waals surface area (Å²) >= 11 is 0. The lowest BCUT2D eigenvalue weighted by Gasteiger charge is -2.04. The van der Waals surface area contributed by atoms with Crippen molar-refractivity contribution in [2.45, 2.75) is 6.61 Å². The summed E-state index contributed by atoms with van der Waals surface area (Å²) in [4.78, 5) is 11.9. The van der Waals surface area contributed by atoms with E-state index >= 15 is 0 Å². The molecule has 3 heteroatoms. The van der Waals surface area contributed by atoms with Crippen molar-refractivity contribution in [3.63, 3.8) is 0 Å². The number of rotatable bonds is 5. The van der Waals surface area contributed by atoms with Gasteiger partial charge in [0.05, 0.1) is 6.26 Å². The van der Waals surface area contributed by atoms with E-state index in [9.17, 15) is 4.79 Å². The lowest BCUT2D eigenvalue weighted by Crippen LogP contribution is -2.00. The van der Waals surface area contributed by atoms with Crippen LogP contribution in [-0.2, 0) is 20.9 Å². The Kier molecular flexibility index (Phi) is 4.89. The summed E-state index contributed by atoms with van der Waals surface area (Å²) in [6, 6.07) is 19.7. The fourth-order valence-corrected chi connectivity index (χ4v) is 2.41. The summed E-state index contributed by atoms with van der Waals surface area (Å²) in [5, 5.41) is 0. The van der Waals surface area contributed by atoms with Crippen molar-refractivity contribution in [3.05, 3.63) is 89.7 Å². The molecule has 0 bridgehead atoms. The quantitative estimate of drug-likeness (QED) is 0.476. The Hall–Kier alpha value is -2.81. The number of cyclic esters (lactones) is 1. The molecule has 116 valence electrons. The van der Waals surface area contributed by atoms with Crippen LogP contribution in [0.1, 0.15) is 11.1 Å². The molecule has 0 aliphatic carbocycles. The Labute approximate surface area is 135 Å². The van der Waals surface area contributed by atoms with Gasteiger partial charge in [0.25, 0.3) is 0 Å². The van der Waals surface area contributed by atoms with E-state index < -0.39 is 0 Å². The number of esters is 1. The third-order valence-electron chi connectivity index (χ3n) is 3.65. The van der Waals surface area contributed by atoms with Gasteiger partial charge in [0, 0.05) is 11.5 Å². The van der Waals surface area contributed by atoms with Crippen molar-refractivity contribution in [1.29, 1.82) is 0 Å². The second-order valence-corrected chi connectivity index (χ2v) is 5.34. The van der Waals surface area contributed by atoms with Crippen LogP contribution < -0.4 is 0 Å². The molecule has 1 heterocycles. The molecule has 1 aliphatic heterocycles. The van der Waals surface area contributed by atoms with Crippen LogP contribution in [-0.4, -0.2) is 12.6 Å². The van der Waals surface area contributed by atoms with Crippen LogP contribution in [0.25, 0.3) is 6.08 Å². The fourth-order valence-electron chi connectivity index (χ4n) is 2.41. The molecule has 2 aromatic rings. The Balaban J connectivity index is 1.63. The van der Waals surface area contributed by atoms with E-state index in [2.05, 4.69) is 0 Å². The molecule has 0 saturated carbocycles. The van der Waals surface area contributed by atoms with Crippen LogP contribution in [0.15, 0.2) is 78.6 Å². The van der Waals surface area contributed by atoms with E-state index in [1.807, 2.05) is 72.8 Å². The molecule has 3 nitrogen and oxygen atoms in total. The minimum absolute atomic E-state index is 0.0709. The number of hydrogen-bond acceptors (Lipinski definition) is 3. The van der Waals surface area contributed by atoms with Gasteiger partial charge in [0.15, 0.2) is 0 Å². The molecule has 2 aromatic carbocycles. The van der Waals surface area contributed by atoms with Crippen molar-refractivity contribution in [3.8, 4) is 0 Å². The van der Waals surface area contributed by atoms with E-state index in [4.69, 9.17) is 9.47 Å². The second-order valence-electron chi connectivity index (χ2n) is 5.34. The van der Waals surface area contributed by atoms with Crippen molar-refractivity contribution >= 4 is 12.0 Å². The van der Waals surface area contributed by atoms with Gasteiger partial charge in [-0.25, -0.2) is 4.79 Å². The van der Waals surface area contributed by atoms with E-state index in [0.29, 0.717) is 18.8 Å². The minimum atomic E-state index is -0.258. The van der Waals surface area contributed by atoms with Crippen molar-refractivity contribution in [2.75, 3.05) is 6.61 Å². The molecule has 1 fully saturated rings. The van der Waals surface area contributed by atoms with Crippen molar-refractivity contribution in [2.24, 2.45) is 5.92 Å². The average Bonchev–Trinajstić information content (AvgIpc) is 2.94.